The van der Waals surface area contributed by atoms with Crippen molar-refractivity contribution in [3.63, 3.8) is 0 Å². The van der Waals surface area contributed by atoms with Crippen LogP contribution in [0.15, 0.2) is 0 Å². The summed E-state index contributed by atoms with van der Waals surface area (Å²) in [7, 11) is 2.16. The van der Waals surface area contributed by atoms with Crippen molar-refractivity contribution in [3.8, 4) is 0 Å². The Hall–Kier alpha value is -0.0400. The highest BCUT2D eigenvalue weighted by Crippen LogP contribution is 1.89. The van der Waals surface area contributed by atoms with Crippen LogP contribution in [0.5, 0.6) is 0 Å². The van der Waals surface area contributed by atoms with Crippen molar-refractivity contribution in [2.45, 2.75) is 68.2 Å². The lowest BCUT2D eigenvalue weighted by Gasteiger charge is -2.11. The highest BCUT2D eigenvalue weighted by atomic mass is 15.1. The molecule has 92 valence electrons. The smallest absolute Gasteiger partial charge is 0.00220 e. The maximum absolute atomic E-state index is 2.34. The van der Waals surface area contributed by atoms with E-state index in [2.05, 4.69) is 25.8 Å². The van der Waals surface area contributed by atoms with Crippen LogP contribution >= 0.6 is 0 Å². The minimum atomic E-state index is 1.18. The zero-order valence-corrected chi connectivity index (χ0v) is 12.3. The molecule has 0 saturated carbocycles. The van der Waals surface area contributed by atoms with E-state index in [9.17, 15) is 0 Å². The lowest BCUT2D eigenvalue weighted by molar-refractivity contribution is 0.346. The number of hydrogen-bond donors (Lipinski definition) is 0. The van der Waals surface area contributed by atoms with Crippen LogP contribution in [-0.4, -0.2) is 25.0 Å². The van der Waals surface area contributed by atoms with Crippen molar-refractivity contribution in [1.29, 1.82) is 0 Å². The molecule has 0 fully saturated rings. The summed E-state index contributed by atoms with van der Waals surface area (Å²) in [5.74, 6) is 0. The summed E-state index contributed by atoms with van der Waals surface area (Å²) in [6.07, 6.45) is 2.65. The number of hydrogen-bond acceptors (Lipinski definition) is 1. The maximum Gasteiger partial charge on any atom is -0.00220 e. The molecule has 0 unspecified atom stereocenters. The van der Waals surface area contributed by atoms with Gasteiger partial charge in [0.15, 0.2) is 0 Å². The second-order valence-corrected chi connectivity index (χ2v) is 2.25. The highest BCUT2D eigenvalue weighted by molar-refractivity contribution is 4.44. The van der Waals surface area contributed by atoms with Crippen LogP contribution in [0, 0.1) is 0 Å². The molecule has 0 radical (unpaired) electrons. The molecule has 14 heavy (non-hydrogen) atoms. The summed E-state index contributed by atoms with van der Waals surface area (Å²) in [4.78, 5) is 2.34. The van der Waals surface area contributed by atoms with Crippen molar-refractivity contribution in [2.24, 2.45) is 0 Å². The van der Waals surface area contributed by atoms with E-state index >= 15 is 0 Å². The second-order valence-electron chi connectivity index (χ2n) is 2.25. The number of rotatable bonds is 4. The summed E-state index contributed by atoms with van der Waals surface area (Å²) in [5, 5.41) is 0. The van der Waals surface area contributed by atoms with E-state index in [0.717, 1.165) is 0 Å². The van der Waals surface area contributed by atoms with Crippen LogP contribution < -0.4 is 0 Å². The first-order valence-electron chi connectivity index (χ1n) is 6.49. The molecule has 1 heteroatoms. The SMILES string of the molecule is CC.CC.CC.CCCCN(C)CC. The average Bonchev–Trinajstić information content (AvgIpc) is 2.33. The molecular weight excluding hydrogens is 170 g/mol. The summed E-state index contributed by atoms with van der Waals surface area (Å²) in [6.45, 7) is 18.9. The Morgan fingerprint density at radius 1 is 0.786 bits per heavy atom. The van der Waals surface area contributed by atoms with E-state index in [1.54, 1.807) is 0 Å². The van der Waals surface area contributed by atoms with Crippen LogP contribution in [-0.2, 0) is 0 Å². The first-order chi connectivity index (χ1) is 6.81. The second kappa shape index (κ2) is 38.3. The molecule has 0 amide bonds. The van der Waals surface area contributed by atoms with E-state index in [4.69, 9.17) is 0 Å². The molecule has 0 aliphatic heterocycles. The van der Waals surface area contributed by atoms with E-state index in [1.165, 1.54) is 25.9 Å². The van der Waals surface area contributed by atoms with Gasteiger partial charge in [-0.1, -0.05) is 61.8 Å². The first-order valence-corrected chi connectivity index (χ1v) is 6.49. The lowest BCUT2D eigenvalue weighted by atomic mass is 10.3. The molecule has 0 aromatic carbocycles. The van der Waals surface area contributed by atoms with Gasteiger partial charge in [0.1, 0.15) is 0 Å². The molecule has 1 nitrogen and oxygen atoms in total. The van der Waals surface area contributed by atoms with Gasteiger partial charge in [-0.05, 0) is 26.6 Å². The molecular formula is C13H35N. The van der Waals surface area contributed by atoms with Gasteiger partial charge in [-0.3, -0.25) is 0 Å². The molecule has 0 aromatic rings. The van der Waals surface area contributed by atoms with Gasteiger partial charge < -0.3 is 4.90 Å². The Morgan fingerprint density at radius 2 is 1.14 bits per heavy atom. The molecule has 0 saturated heterocycles. The van der Waals surface area contributed by atoms with E-state index < -0.39 is 0 Å². The Kier molecular flexibility index (Phi) is 64.6. The number of nitrogens with zero attached hydrogens (tertiary/aromatic N) is 1. The zero-order chi connectivity index (χ0) is 12.4. The van der Waals surface area contributed by atoms with Crippen LogP contribution in [0.4, 0.5) is 0 Å². The predicted molar refractivity (Wildman–Crippen MR) is 72.1 cm³/mol. The van der Waals surface area contributed by atoms with Gasteiger partial charge in [-0.15, -0.1) is 0 Å². The van der Waals surface area contributed by atoms with Gasteiger partial charge in [0.25, 0.3) is 0 Å². The standard InChI is InChI=1S/C7H17N.3C2H6/c1-4-6-7-8(3)5-2;3*1-2/h4-7H2,1-3H3;3*1-2H3. The molecule has 0 aliphatic rings. The summed E-state index contributed by atoms with van der Waals surface area (Å²) >= 11 is 0. The fourth-order valence-electron chi connectivity index (χ4n) is 0.586. The largest absolute Gasteiger partial charge is 0.307 e. The van der Waals surface area contributed by atoms with Crippen molar-refractivity contribution < 1.29 is 0 Å². The zero-order valence-electron chi connectivity index (χ0n) is 12.3. The number of unbranched alkanes of at least 4 members (excludes halogenated alkanes) is 1. The summed E-state index contributed by atoms with van der Waals surface area (Å²) < 4.78 is 0. The van der Waals surface area contributed by atoms with Gasteiger partial charge in [-0.2, -0.15) is 0 Å². The van der Waals surface area contributed by atoms with Crippen LogP contribution in [0.1, 0.15) is 68.2 Å². The van der Waals surface area contributed by atoms with Crippen molar-refractivity contribution in [2.75, 3.05) is 20.1 Å². The van der Waals surface area contributed by atoms with Gasteiger partial charge in [0, 0.05) is 0 Å². The highest BCUT2D eigenvalue weighted by Gasteiger charge is 1.89. The molecule has 0 spiro atoms. The summed E-state index contributed by atoms with van der Waals surface area (Å²) in [6, 6.07) is 0. The minimum absolute atomic E-state index is 1.18. The van der Waals surface area contributed by atoms with Gasteiger partial charge in [-0.25, -0.2) is 0 Å². The van der Waals surface area contributed by atoms with Crippen molar-refractivity contribution >= 4 is 0 Å². The lowest BCUT2D eigenvalue weighted by Crippen LogP contribution is -2.18. The van der Waals surface area contributed by atoms with Crippen LogP contribution in [0.2, 0.25) is 0 Å². The third kappa shape index (κ3) is 40.4. The van der Waals surface area contributed by atoms with Crippen molar-refractivity contribution in [3.05, 3.63) is 0 Å². The third-order valence-corrected chi connectivity index (χ3v) is 1.43. The first kappa shape index (κ1) is 23.6. The van der Waals surface area contributed by atoms with E-state index in [1.807, 2.05) is 41.5 Å². The Labute approximate surface area is 93.9 Å². The molecule has 0 aromatic heterocycles. The summed E-state index contributed by atoms with van der Waals surface area (Å²) in [5.41, 5.74) is 0. The fraction of sp³-hybridized carbons (Fsp3) is 1.00. The molecule has 0 atom stereocenters. The topological polar surface area (TPSA) is 3.24 Å². The fourth-order valence-corrected chi connectivity index (χ4v) is 0.586. The predicted octanol–water partition coefficient (Wildman–Crippen LogP) is 4.82. The van der Waals surface area contributed by atoms with Gasteiger partial charge in [0.2, 0.25) is 0 Å². The van der Waals surface area contributed by atoms with Crippen LogP contribution in [0.25, 0.3) is 0 Å². The Morgan fingerprint density at radius 3 is 1.36 bits per heavy atom. The minimum Gasteiger partial charge on any atom is -0.307 e. The Bertz CT molecular complexity index is 44.5. The quantitative estimate of drug-likeness (QED) is 0.636. The molecule has 0 N–H and O–H groups in total. The Balaban J connectivity index is -0.0000000708. The third-order valence-electron chi connectivity index (χ3n) is 1.43. The maximum atomic E-state index is 2.34. The van der Waals surface area contributed by atoms with E-state index in [-0.39, 0.29) is 0 Å². The van der Waals surface area contributed by atoms with Gasteiger partial charge >= 0.3 is 0 Å². The van der Waals surface area contributed by atoms with E-state index in [0.29, 0.717) is 0 Å². The molecule has 0 heterocycles. The average molecular weight is 205 g/mol. The van der Waals surface area contributed by atoms with Crippen molar-refractivity contribution in [1.82, 2.24) is 4.90 Å². The van der Waals surface area contributed by atoms with Crippen LogP contribution in [0.3, 0.4) is 0 Å². The molecule has 0 bridgehead atoms. The normalized spacial score (nSPS) is 7.29. The molecule has 0 aliphatic carbocycles. The van der Waals surface area contributed by atoms with Gasteiger partial charge in [0.05, 0.1) is 0 Å². The molecule has 0 rings (SSSR count). The monoisotopic (exact) mass is 205 g/mol.